The SMILES string of the molecule is CCCN1CCNC(=O)CC1c1ccccc1. The first-order valence-corrected chi connectivity index (χ1v) is 6.37. The Hall–Kier alpha value is -1.35. The van der Waals surface area contributed by atoms with Crippen LogP contribution in [0, 0.1) is 0 Å². The third-order valence-corrected chi connectivity index (χ3v) is 3.24. The second kappa shape index (κ2) is 5.82. The molecule has 3 heteroatoms. The molecule has 1 saturated heterocycles. The van der Waals surface area contributed by atoms with Crippen molar-refractivity contribution in [3.63, 3.8) is 0 Å². The Morgan fingerprint density at radius 1 is 1.35 bits per heavy atom. The van der Waals surface area contributed by atoms with Gasteiger partial charge in [0.1, 0.15) is 0 Å². The lowest BCUT2D eigenvalue weighted by atomic mass is 10.0. The summed E-state index contributed by atoms with van der Waals surface area (Å²) in [6, 6.07) is 10.6. The molecule has 1 fully saturated rings. The van der Waals surface area contributed by atoms with Crippen molar-refractivity contribution in [1.82, 2.24) is 10.2 Å². The van der Waals surface area contributed by atoms with Gasteiger partial charge in [0.2, 0.25) is 5.91 Å². The van der Waals surface area contributed by atoms with Gasteiger partial charge in [-0.15, -0.1) is 0 Å². The van der Waals surface area contributed by atoms with Gasteiger partial charge in [-0.3, -0.25) is 9.69 Å². The summed E-state index contributed by atoms with van der Waals surface area (Å²) < 4.78 is 0. The van der Waals surface area contributed by atoms with Crippen molar-refractivity contribution in [2.75, 3.05) is 19.6 Å². The van der Waals surface area contributed by atoms with Crippen molar-refractivity contribution >= 4 is 5.91 Å². The number of benzene rings is 1. The Labute approximate surface area is 103 Å². The van der Waals surface area contributed by atoms with Crippen molar-refractivity contribution in [3.05, 3.63) is 35.9 Å². The highest BCUT2D eigenvalue weighted by molar-refractivity contribution is 5.77. The maximum atomic E-state index is 11.7. The van der Waals surface area contributed by atoms with Gasteiger partial charge in [-0.05, 0) is 18.5 Å². The number of carbonyl (C=O) groups excluding carboxylic acids is 1. The van der Waals surface area contributed by atoms with Gasteiger partial charge in [-0.1, -0.05) is 37.3 Å². The molecule has 0 saturated carbocycles. The predicted octanol–water partition coefficient (Wildman–Crippen LogP) is 1.96. The van der Waals surface area contributed by atoms with E-state index in [-0.39, 0.29) is 11.9 Å². The second-order valence-electron chi connectivity index (χ2n) is 4.52. The molecule has 0 spiro atoms. The van der Waals surface area contributed by atoms with E-state index in [0.29, 0.717) is 6.42 Å². The number of amides is 1. The van der Waals surface area contributed by atoms with Crippen LogP contribution in [0.4, 0.5) is 0 Å². The van der Waals surface area contributed by atoms with Crippen molar-refractivity contribution in [1.29, 1.82) is 0 Å². The normalized spacial score (nSPS) is 21.9. The third kappa shape index (κ3) is 3.07. The number of hydrogen-bond donors (Lipinski definition) is 1. The molecule has 2 rings (SSSR count). The van der Waals surface area contributed by atoms with Crippen LogP contribution in [0.25, 0.3) is 0 Å². The van der Waals surface area contributed by atoms with E-state index in [2.05, 4.69) is 29.3 Å². The second-order valence-corrected chi connectivity index (χ2v) is 4.52. The van der Waals surface area contributed by atoms with Crippen molar-refractivity contribution in [2.45, 2.75) is 25.8 Å². The minimum Gasteiger partial charge on any atom is -0.355 e. The fourth-order valence-electron chi connectivity index (χ4n) is 2.43. The van der Waals surface area contributed by atoms with Gasteiger partial charge >= 0.3 is 0 Å². The van der Waals surface area contributed by atoms with Crippen LogP contribution in [0.5, 0.6) is 0 Å². The van der Waals surface area contributed by atoms with Crippen LogP contribution in [-0.4, -0.2) is 30.4 Å². The molecular formula is C14H20N2O. The summed E-state index contributed by atoms with van der Waals surface area (Å²) in [6.07, 6.45) is 1.70. The summed E-state index contributed by atoms with van der Waals surface area (Å²) in [5.74, 6) is 0.164. The fraction of sp³-hybridized carbons (Fsp3) is 0.500. The molecule has 0 aromatic heterocycles. The number of carbonyl (C=O) groups is 1. The Morgan fingerprint density at radius 3 is 2.82 bits per heavy atom. The molecule has 1 N–H and O–H groups in total. The summed E-state index contributed by atoms with van der Waals surface area (Å²) in [4.78, 5) is 14.1. The smallest absolute Gasteiger partial charge is 0.221 e. The van der Waals surface area contributed by atoms with Gasteiger partial charge in [0, 0.05) is 25.6 Å². The molecule has 1 amide bonds. The maximum absolute atomic E-state index is 11.7. The molecule has 0 radical (unpaired) electrons. The van der Waals surface area contributed by atoms with E-state index in [9.17, 15) is 4.79 Å². The molecule has 1 atom stereocenters. The highest BCUT2D eigenvalue weighted by Gasteiger charge is 2.25. The van der Waals surface area contributed by atoms with E-state index in [1.165, 1.54) is 5.56 Å². The Bertz CT molecular complexity index is 364. The molecule has 92 valence electrons. The zero-order chi connectivity index (χ0) is 12.1. The van der Waals surface area contributed by atoms with Crippen LogP contribution in [0.15, 0.2) is 30.3 Å². The van der Waals surface area contributed by atoms with Gasteiger partial charge < -0.3 is 5.32 Å². The third-order valence-electron chi connectivity index (χ3n) is 3.24. The van der Waals surface area contributed by atoms with Crippen molar-refractivity contribution < 1.29 is 4.79 Å². The van der Waals surface area contributed by atoms with Gasteiger partial charge in [-0.25, -0.2) is 0 Å². The molecule has 1 aromatic carbocycles. The molecular weight excluding hydrogens is 212 g/mol. The maximum Gasteiger partial charge on any atom is 0.221 e. The molecule has 0 bridgehead atoms. The van der Waals surface area contributed by atoms with E-state index in [1.807, 2.05) is 18.2 Å². The predicted molar refractivity (Wildman–Crippen MR) is 68.7 cm³/mol. The number of nitrogens with zero attached hydrogens (tertiary/aromatic N) is 1. The van der Waals surface area contributed by atoms with E-state index in [4.69, 9.17) is 0 Å². The quantitative estimate of drug-likeness (QED) is 0.864. The topological polar surface area (TPSA) is 32.3 Å². The van der Waals surface area contributed by atoms with Gasteiger partial charge in [0.15, 0.2) is 0 Å². The molecule has 1 aliphatic heterocycles. The first-order chi connectivity index (χ1) is 8.31. The van der Waals surface area contributed by atoms with Crippen LogP contribution in [-0.2, 0) is 4.79 Å². The van der Waals surface area contributed by atoms with Gasteiger partial charge in [0.25, 0.3) is 0 Å². The van der Waals surface area contributed by atoms with E-state index in [1.54, 1.807) is 0 Å². The number of rotatable bonds is 3. The first-order valence-electron chi connectivity index (χ1n) is 6.37. The minimum absolute atomic E-state index is 0.164. The van der Waals surface area contributed by atoms with Crippen LogP contribution < -0.4 is 5.32 Å². The zero-order valence-electron chi connectivity index (χ0n) is 10.4. The lowest BCUT2D eigenvalue weighted by Crippen LogP contribution is -2.31. The van der Waals surface area contributed by atoms with Crippen molar-refractivity contribution in [3.8, 4) is 0 Å². The average Bonchev–Trinajstić information content (AvgIpc) is 2.53. The van der Waals surface area contributed by atoms with Crippen LogP contribution in [0.2, 0.25) is 0 Å². The van der Waals surface area contributed by atoms with Gasteiger partial charge in [-0.2, -0.15) is 0 Å². The molecule has 3 nitrogen and oxygen atoms in total. The molecule has 1 aromatic rings. The largest absolute Gasteiger partial charge is 0.355 e. The zero-order valence-corrected chi connectivity index (χ0v) is 10.4. The van der Waals surface area contributed by atoms with Crippen LogP contribution in [0.1, 0.15) is 31.4 Å². The van der Waals surface area contributed by atoms with Crippen LogP contribution >= 0.6 is 0 Å². The van der Waals surface area contributed by atoms with Gasteiger partial charge in [0.05, 0.1) is 0 Å². The van der Waals surface area contributed by atoms with E-state index in [0.717, 1.165) is 26.1 Å². The molecule has 1 aliphatic rings. The first kappa shape index (κ1) is 12.1. The highest BCUT2D eigenvalue weighted by atomic mass is 16.1. The Morgan fingerprint density at radius 2 is 2.12 bits per heavy atom. The fourth-order valence-corrected chi connectivity index (χ4v) is 2.43. The summed E-state index contributed by atoms with van der Waals surface area (Å²) in [5, 5.41) is 2.95. The number of hydrogen-bond acceptors (Lipinski definition) is 2. The monoisotopic (exact) mass is 232 g/mol. The average molecular weight is 232 g/mol. The summed E-state index contributed by atoms with van der Waals surface area (Å²) >= 11 is 0. The van der Waals surface area contributed by atoms with Crippen molar-refractivity contribution in [2.24, 2.45) is 0 Å². The summed E-state index contributed by atoms with van der Waals surface area (Å²) in [7, 11) is 0. The van der Waals surface area contributed by atoms with Crippen LogP contribution in [0.3, 0.4) is 0 Å². The summed E-state index contributed by atoms with van der Waals surface area (Å²) in [5.41, 5.74) is 1.25. The molecule has 1 unspecified atom stereocenters. The summed E-state index contributed by atoms with van der Waals surface area (Å²) in [6.45, 7) is 4.94. The number of nitrogens with one attached hydrogen (secondary N) is 1. The minimum atomic E-state index is 0.164. The highest BCUT2D eigenvalue weighted by Crippen LogP contribution is 2.25. The Kier molecular flexibility index (Phi) is 4.15. The standard InChI is InChI=1S/C14H20N2O/c1-2-9-16-10-8-15-14(17)11-13(16)12-6-4-3-5-7-12/h3-7,13H,2,8-11H2,1H3,(H,15,17). The lowest BCUT2D eigenvalue weighted by molar-refractivity contribution is -0.121. The van der Waals surface area contributed by atoms with E-state index < -0.39 is 0 Å². The molecule has 17 heavy (non-hydrogen) atoms. The lowest BCUT2D eigenvalue weighted by Gasteiger charge is -2.28. The Balaban J connectivity index is 2.21. The molecule has 1 heterocycles. The van der Waals surface area contributed by atoms with E-state index >= 15 is 0 Å². The molecule has 0 aliphatic carbocycles.